The van der Waals surface area contributed by atoms with E-state index < -0.39 is 0 Å². The van der Waals surface area contributed by atoms with Crippen LogP contribution in [-0.2, 0) is 0 Å². The Bertz CT molecular complexity index is 298. The van der Waals surface area contributed by atoms with Crippen LogP contribution in [0.1, 0.15) is 17.3 Å². The topological polar surface area (TPSA) is 41.1 Å². The second-order valence-corrected chi connectivity index (χ2v) is 2.78. The van der Waals surface area contributed by atoms with Crippen molar-refractivity contribution in [2.24, 2.45) is 0 Å². The summed E-state index contributed by atoms with van der Waals surface area (Å²) in [4.78, 5) is 11.3. The number of carbonyl (C=O) groups excluding carboxylic acids is 1. The Morgan fingerprint density at radius 3 is 1.92 bits per heavy atom. The summed E-state index contributed by atoms with van der Waals surface area (Å²) in [5.74, 6) is 0.0642. The molecule has 70 valence electrons. The summed E-state index contributed by atoms with van der Waals surface area (Å²) < 4.78 is 0. The van der Waals surface area contributed by atoms with E-state index in [1.165, 1.54) is 0 Å². The number of benzene rings is 1. The van der Waals surface area contributed by atoms with Gasteiger partial charge in [0.25, 0.3) is 0 Å². The van der Waals surface area contributed by atoms with Crippen LogP contribution >= 0.6 is 0 Å². The highest BCUT2D eigenvalue weighted by Gasteiger charge is 2.09. The number of hydrogen-bond donors (Lipinski definition) is 2. The van der Waals surface area contributed by atoms with Crippen LogP contribution in [0.15, 0.2) is 18.2 Å². The van der Waals surface area contributed by atoms with Crippen molar-refractivity contribution in [2.45, 2.75) is 6.92 Å². The van der Waals surface area contributed by atoms with Gasteiger partial charge in [-0.3, -0.25) is 4.79 Å². The zero-order chi connectivity index (χ0) is 9.84. The van der Waals surface area contributed by atoms with Crippen LogP contribution in [-0.4, -0.2) is 19.9 Å². The zero-order valence-corrected chi connectivity index (χ0v) is 8.14. The molecule has 0 fully saturated rings. The number of Topliss-reactive ketones (excluding diaryl/α,β-unsaturated/α-hetero) is 1. The highest BCUT2D eigenvalue weighted by Crippen LogP contribution is 2.23. The van der Waals surface area contributed by atoms with Gasteiger partial charge in [-0.05, 0) is 19.1 Å². The van der Waals surface area contributed by atoms with E-state index in [4.69, 9.17) is 0 Å². The van der Waals surface area contributed by atoms with E-state index in [9.17, 15) is 4.79 Å². The number of ketones is 1. The molecule has 0 unspecified atom stereocenters. The van der Waals surface area contributed by atoms with Gasteiger partial charge in [-0.15, -0.1) is 0 Å². The third-order valence-corrected chi connectivity index (χ3v) is 1.96. The Hall–Kier alpha value is -1.51. The van der Waals surface area contributed by atoms with Crippen molar-refractivity contribution in [1.29, 1.82) is 0 Å². The maximum atomic E-state index is 11.3. The van der Waals surface area contributed by atoms with Gasteiger partial charge in [-0.2, -0.15) is 0 Å². The quantitative estimate of drug-likeness (QED) is 0.695. The van der Waals surface area contributed by atoms with Crippen molar-refractivity contribution >= 4 is 17.2 Å². The Labute approximate surface area is 78.2 Å². The smallest absolute Gasteiger partial charge is 0.163 e. The molecule has 0 heterocycles. The van der Waals surface area contributed by atoms with E-state index in [1.807, 2.05) is 18.2 Å². The fraction of sp³-hybridized carbons (Fsp3) is 0.300. The molecule has 0 amide bonds. The van der Waals surface area contributed by atoms with E-state index in [1.54, 1.807) is 21.0 Å². The minimum Gasteiger partial charge on any atom is -0.387 e. The zero-order valence-electron chi connectivity index (χ0n) is 8.14. The third-order valence-electron chi connectivity index (χ3n) is 1.96. The van der Waals surface area contributed by atoms with E-state index in [0.717, 1.165) is 11.4 Å². The second kappa shape index (κ2) is 3.94. The molecule has 0 spiro atoms. The average Bonchev–Trinajstić information content (AvgIpc) is 2.16. The average molecular weight is 178 g/mol. The Morgan fingerprint density at radius 2 is 1.62 bits per heavy atom. The van der Waals surface area contributed by atoms with Gasteiger partial charge in [-0.1, -0.05) is 6.07 Å². The number of carbonyl (C=O) groups is 1. The SMILES string of the molecule is CNc1cccc(NC)c1C(C)=O. The lowest BCUT2D eigenvalue weighted by atomic mass is 10.1. The molecule has 1 aromatic rings. The molecule has 0 aliphatic carbocycles. The molecule has 0 atom stereocenters. The van der Waals surface area contributed by atoms with Gasteiger partial charge in [0.05, 0.1) is 5.56 Å². The highest BCUT2D eigenvalue weighted by molar-refractivity contribution is 6.04. The number of anilines is 2. The van der Waals surface area contributed by atoms with Gasteiger partial charge < -0.3 is 10.6 Å². The summed E-state index contributed by atoms with van der Waals surface area (Å²) in [6.07, 6.45) is 0. The molecular weight excluding hydrogens is 164 g/mol. The molecule has 13 heavy (non-hydrogen) atoms. The molecule has 0 saturated heterocycles. The molecule has 3 heteroatoms. The number of hydrogen-bond acceptors (Lipinski definition) is 3. The molecule has 0 aromatic heterocycles. The first-order valence-electron chi connectivity index (χ1n) is 4.20. The Balaban J connectivity index is 3.29. The van der Waals surface area contributed by atoms with Crippen molar-refractivity contribution in [3.8, 4) is 0 Å². The summed E-state index contributed by atoms with van der Waals surface area (Å²) in [5, 5.41) is 5.98. The lowest BCUT2D eigenvalue weighted by Crippen LogP contribution is -2.04. The molecule has 0 bridgehead atoms. The first-order valence-corrected chi connectivity index (χ1v) is 4.20. The summed E-state index contributed by atoms with van der Waals surface area (Å²) in [5.41, 5.74) is 2.44. The molecule has 0 saturated carbocycles. The predicted molar refractivity (Wildman–Crippen MR) is 55.5 cm³/mol. The molecular formula is C10H14N2O. The third kappa shape index (κ3) is 1.80. The van der Waals surface area contributed by atoms with E-state index in [2.05, 4.69) is 10.6 Å². The standard InChI is InChI=1S/C10H14N2O/c1-7(13)10-8(11-2)5-4-6-9(10)12-3/h4-6,11-12H,1-3H3. The molecule has 2 N–H and O–H groups in total. The molecule has 1 aromatic carbocycles. The molecule has 0 radical (unpaired) electrons. The first-order chi connectivity index (χ1) is 6.20. The monoisotopic (exact) mass is 178 g/mol. The summed E-state index contributed by atoms with van der Waals surface area (Å²) >= 11 is 0. The van der Waals surface area contributed by atoms with E-state index in [0.29, 0.717) is 5.56 Å². The van der Waals surface area contributed by atoms with Gasteiger partial charge in [0.1, 0.15) is 0 Å². The van der Waals surface area contributed by atoms with Crippen LogP contribution in [0.3, 0.4) is 0 Å². The predicted octanol–water partition coefficient (Wildman–Crippen LogP) is 1.97. The van der Waals surface area contributed by atoms with E-state index >= 15 is 0 Å². The van der Waals surface area contributed by atoms with Crippen LogP contribution in [0.25, 0.3) is 0 Å². The van der Waals surface area contributed by atoms with Crippen LogP contribution in [0.4, 0.5) is 11.4 Å². The maximum Gasteiger partial charge on any atom is 0.163 e. The van der Waals surface area contributed by atoms with Crippen LogP contribution < -0.4 is 10.6 Å². The van der Waals surface area contributed by atoms with Crippen LogP contribution in [0.5, 0.6) is 0 Å². The molecule has 0 aliphatic rings. The fourth-order valence-corrected chi connectivity index (χ4v) is 1.35. The molecule has 0 aliphatic heterocycles. The largest absolute Gasteiger partial charge is 0.387 e. The van der Waals surface area contributed by atoms with Gasteiger partial charge in [0.15, 0.2) is 5.78 Å². The van der Waals surface area contributed by atoms with Crippen LogP contribution in [0, 0.1) is 0 Å². The lowest BCUT2D eigenvalue weighted by molar-refractivity contribution is 0.101. The molecule has 3 nitrogen and oxygen atoms in total. The van der Waals surface area contributed by atoms with Crippen molar-refractivity contribution in [3.05, 3.63) is 23.8 Å². The van der Waals surface area contributed by atoms with Crippen molar-refractivity contribution in [3.63, 3.8) is 0 Å². The number of nitrogens with one attached hydrogen (secondary N) is 2. The van der Waals surface area contributed by atoms with E-state index in [-0.39, 0.29) is 5.78 Å². The van der Waals surface area contributed by atoms with Crippen molar-refractivity contribution in [1.82, 2.24) is 0 Å². The maximum absolute atomic E-state index is 11.3. The number of rotatable bonds is 3. The summed E-state index contributed by atoms with van der Waals surface area (Å²) in [7, 11) is 3.61. The normalized spacial score (nSPS) is 9.46. The van der Waals surface area contributed by atoms with Gasteiger partial charge >= 0.3 is 0 Å². The lowest BCUT2D eigenvalue weighted by Gasteiger charge is -2.11. The minimum atomic E-state index is 0.0642. The molecule has 1 rings (SSSR count). The Kier molecular flexibility index (Phi) is 2.90. The second-order valence-electron chi connectivity index (χ2n) is 2.78. The fourth-order valence-electron chi connectivity index (χ4n) is 1.35. The minimum absolute atomic E-state index is 0.0642. The highest BCUT2D eigenvalue weighted by atomic mass is 16.1. The Morgan fingerprint density at radius 1 is 1.15 bits per heavy atom. The van der Waals surface area contributed by atoms with Gasteiger partial charge in [-0.25, -0.2) is 0 Å². The van der Waals surface area contributed by atoms with Crippen LogP contribution in [0.2, 0.25) is 0 Å². The van der Waals surface area contributed by atoms with Crippen molar-refractivity contribution in [2.75, 3.05) is 24.7 Å². The summed E-state index contributed by atoms with van der Waals surface area (Å²) in [6, 6.07) is 5.68. The van der Waals surface area contributed by atoms with Crippen molar-refractivity contribution < 1.29 is 4.79 Å². The first kappa shape index (κ1) is 9.58. The van der Waals surface area contributed by atoms with Gasteiger partial charge in [0, 0.05) is 25.5 Å². The summed E-state index contributed by atoms with van der Waals surface area (Å²) in [6.45, 7) is 1.57. The van der Waals surface area contributed by atoms with Gasteiger partial charge in [0.2, 0.25) is 0 Å².